The first-order valence-corrected chi connectivity index (χ1v) is 11.4. The Bertz CT molecular complexity index is 1240. The van der Waals surface area contributed by atoms with Crippen molar-refractivity contribution in [2.24, 2.45) is 5.92 Å². The van der Waals surface area contributed by atoms with Crippen LogP contribution in [0.2, 0.25) is 0 Å². The lowest BCUT2D eigenvalue weighted by molar-refractivity contribution is 0.267. The molecule has 5 rings (SSSR count). The zero-order chi connectivity index (χ0) is 21.4. The summed E-state index contributed by atoms with van der Waals surface area (Å²) in [5.74, 6) is 1.41. The Balaban J connectivity index is 1.78. The molecule has 31 heavy (non-hydrogen) atoms. The molecule has 0 spiro atoms. The summed E-state index contributed by atoms with van der Waals surface area (Å²) in [7, 11) is 0. The molecule has 1 aliphatic rings. The molecule has 0 unspecified atom stereocenters. The summed E-state index contributed by atoms with van der Waals surface area (Å²) in [5.41, 5.74) is 6.08. The summed E-state index contributed by atoms with van der Waals surface area (Å²) >= 11 is 0. The first kappa shape index (κ1) is 20.0. The lowest BCUT2D eigenvalue weighted by Gasteiger charge is -2.30. The van der Waals surface area contributed by atoms with Crippen molar-refractivity contribution >= 4 is 21.7 Å². The number of nitrogens with zero attached hydrogens (tertiary/aromatic N) is 2. The van der Waals surface area contributed by atoms with Crippen LogP contribution in [0, 0.1) is 5.92 Å². The van der Waals surface area contributed by atoms with E-state index in [0.717, 1.165) is 48.6 Å². The predicted octanol–water partition coefficient (Wildman–Crippen LogP) is 6.47. The Kier molecular flexibility index (Phi) is 5.37. The van der Waals surface area contributed by atoms with Crippen LogP contribution in [0.3, 0.4) is 0 Å². The molecule has 0 saturated heterocycles. The number of aromatic nitrogens is 1. The summed E-state index contributed by atoms with van der Waals surface area (Å²) in [4.78, 5) is 7.77. The van der Waals surface area contributed by atoms with Gasteiger partial charge in [0.05, 0.1) is 17.8 Å². The van der Waals surface area contributed by atoms with Gasteiger partial charge >= 0.3 is 0 Å². The highest BCUT2D eigenvalue weighted by atomic mass is 16.5. The second-order valence-electron chi connectivity index (χ2n) is 8.92. The molecule has 0 atom stereocenters. The Hall–Kier alpha value is -2.91. The average molecular weight is 411 g/mol. The zero-order valence-electron chi connectivity index (χ0n) is 18.7. The molecule has 0 amide bonds. The van der Waals surface area contributed by atoms with Crippen molar-refractivity contribution in [2.45, 2.75) is 33.7 Å². The van der Waals surface area contributed by atoms with Gasteiger partial charge in [-0.05, 0) is 59.0 Å². The minimum atomic E-state index is 0.480. The molecule has 4 aromatic rings. The Morgan fingerprint density at radius 1 is 0.968 bits per heavy atom. The number of likely N-dealkylation sites (N-methyl/N-ethyl adjacent to an activating group) is 1. The van der Waals surface area contributed by atoms with Crippen LogP contribution in [0.4, 0.5) is 0 Å². The predicted molar refractivity (Wildman–Crippen MR) is 130 cm³/mol. The van der Waals surface area contributed by atoms with Gasteiger partial charge in [0, 0.05) is 24.0 Å². The summed E-state index contributed by atoms with van der Waals surface area (Å²) in [6.45, 7) is 10.4. The van der Waals surface area contributed by atoms with Crippen LogP contribution in [0.15, 0.2) is 60.7 Å². The van der Waals surface area contributed by atoms with Gasteiger partial charge in [-0.1, -0.05) is 63.2 Å². The Morgan fingerprint density at radius 2 is 1.77 bits per heavy atom. The lowest BCUT2D eigenvalue weighted by Crippen LogP contribution is -2.31. The number of hydrogen-bond donors (Lipinski definition) is 0. The molecule has 0 bridgehead atoms. The molecule has 3 nitrogen and oxygen atoms in total. The van der Waals surface area contributed by atoms with E-state index in [1.165, 1.54) is 27.3 Å². The van der Waals surface area contributed by atoms with Crippen molar-refractivity contribution in [3.05, 3.63) is 71.8 Å². The molecule has 0 aliphatic carbocycles. The van der Waals surface area contributed by atoms with Crippen molar-refractivity contribution in [3.8, 4) is 17.0 Å². The maximum Gasteiger partial charge on any atom is 0.128 e. The summed E-state index contributed by atoms with van der Waals surface area (Å²) in [6.07, 6.45) is 1.05. The largest absolute Gasteiger partial charge is 0.493 e. The van der Waals surface area contributed by atoms with E-state index >= 15 is 0 Å². The number of fused-ring (bicyclic) bond motifs is 5. The first-order valence-electron chi connectivity index (χ1n) is 11.4. The third kappa shape index (κ3) is 3.68. The van der Waals surface area contributed by atoms with Crippen molar-refractivity contribution < 1.29 is 4.74 Å². The van der Waals surface area contributed by atoms with E-state index in [0.29, 0.717) is 12.5 Å². The molecule has 0 fully saturated rings. The van der Waals surface area contributed by atoms with Crippen LogP contribution in [0.5, 0.6) is 5.75 Å². The van der Waals surface area contributed by atoms with Gasteiger partial charge < -0.3 is 4.74 Å². The van der Waals surface area contributed by atoms with Gasteiger partial charge in [0.2, 0.25) is 0 Å². The van der Waals surface area contributed by atoms with Crippen LogP contribution in [0.1, 0.15) is 31.9 Å². The Morgan fingerprint density at radius 3 is 2.61 bits per heavy atom. The van der Waals surface area contributed by atoms with Crippen molar-refractivity contribution in [1.82, 2.24) is 9.88 Å². The van der Waals surface area contributed by atoms with Crippen LogP contribution >= 0.6 is 0 Å². The number of para-hydroxylation sites is 1. The summed E-state index contributed by atoms with van der Waals surface area (Å²) < 4.78 is 6.23. The van der Waals surface area contributed by atoms with E-state index in [2.05, 4.69) is 86.3 Å². The SMILES string of the molecule is CCN1CCc2c(c(-c3ccccc3OCC(C)C)nc3ccc4ccccc4c23)C1. The van der Waals surface area contributed by atoms with E-state index in [-0.39, 0.29) is 0 Å². The molecule has 3 aromatic carbocycles. The molecule has 1 aliphatic heterocycles. The quantitative estimate of drug-likeness (QED) is 0.353. The third-order valence-electron chi connectivity index (χ3n) is 6.31. The van der Waals surface area contributed by atoms with Crippen LogP contribution in [-0.2, 0) is 13.0 Å². The highest BCUT2D eigenvalue weighted by molar-refractivity contribution is 6.09. The van der Waals surface area contributed by atoms with E-state index in [4.69, 9.17) is 9.72 Å². The van der Waals surface area contributed by atoms with Gasteiger partial charge in [-0.15, -0.1) is 0 Å². The first-order chi connectivity index (χ1) is 15.2. The van der Waals surface area contributed by atoms with Crippen molar-refractivity contribution in [3.63, 3.8) is 0 Å². The summed E-state index contributed by atoms with van der Waals surface area (Å²) in [6, 6.07) is 21.5. The second kappa shape index (κ2) is 8.32. The average Bonchev–Trinajstić information content (AvgIpc) is 2.81. The van der Waals surface area contributed by atoms with Crippen molar-refractivity contribution in [2.75, 3.05) is 19.7 Å². The molecule has 0 saturated carbocycles. The Labute approximate surface area is 184 Å². The van der Waals surface area contributed by atoms with Crippen LogP contribution < -0.4 is 4.74 Å². The smallest absolute Gasteiger partial charge is 0.128 e. The van der Waals surface area contributed by atoms with E-state index < -0.39 is 0 Å². The van der Waals surface area contributed by atoms with Gasteiger partial charge in [0.25, 0.3) is 0 Å². The maximum atomic E-state index is 6.23. The van der Waals surface area contributed by atoms with Crippen molar-refractivity contribution in [1.29, 1.82) is 0 Å². The van der Waals surface area contributed by atoms with E-state index in [9.17, 15) is 0 Å². The molecular weight excluding hydrogens is 380 g/mol. The fourth-order valence-corrected chi connectivity index (χ4v) is 4.71. The second-order valence-corrected chi connectivity index (χ2v) is 8.92. The fraction of sp³-hybridized carbons (Fsp3) is 0.321. The monoisotopic (exact) mass is 410 g/mol. The van der Waals surface area contributed by atoms with E-state index in [1.807, 2.05) is 0 Å². The fourth-order valence-electron chi connectivity index (χ4n) is 4.71. The van der Waals surface area contributed by atoms with Gasteiger partial charge in [-0.25, -0.2) is 4.98 Å². The lowest BCUT2D eigenvalue weighted by atomic mass is 9.89. The normalized spacial score (nSPS) is 14.3. The molecule has 2 heterocycles. The van der Waals surface area contributed by atoms with E-state index in [1.54, 1.807) is 0 Å². The minimum absolute atomic E-state index is 0.480. The molecule has 0 N–H and O–H groups in total. The number of pyridine rings is 1. The van der Waals surface area contributed by atoms with Gasteiger partial charge in [0.15, 0.2) is 0 Å². The standard InChI is InChI=1S/C28H30N2O/c1-4-30-16-15-22-24(17-30)28(23-11-7-8-12-26(23)31-18-19(2)3)29-25-14-13-20-9-5-6-10-21(20)27(22)25/h5-14,19H,4,15-18H2,1-3H3. The van der Waals surface area contributed by atoms with Gasteiger partial charge in [-0.3, -0.25) is 4.90 Å². The molecule has 0 radical (unpaired) electrons. The number of benzene rings is 3. The maximum absolute atomic E-state index is 6.23. The zero-order valence-corrected chi connectivity index (χ0v) is 18.7. The van der Waals surface area contributed by atoms with Crippen LogP contribution in [0.25, 0.3) is 32.9 Å². The number of hydrogen-bond acceptors (Lipinski definition) is 3. The molecular formula is C28H30N2O. The van der Waals surface area contributed by atoms with Crippen LogP contribution in [-0.4, -0.2) is 29.6 Å². The molecule has 158 valence electrons. The number of ether oxygens (including phenoxy) is 1. The molecule has 1 aromatic heterocycles. The third-order valence-corrected chi connectivity index (χ3v) is 6.31. The highest BCUT2D eigenvalue weighted by Gasteiger charge is 2.25. The van der Waals surface area contributed by atoms with Gasteiger partial charge in [0.1, 0.15) is 5.75 Å². The van der Waals surface area contributed by atoms with Gasteiger partial charge in [-0.2, -0.15) is 0 Å². The number of rotatable bonds is 5. The highest BCUT2D eigenvalue weighted by Crippen LogP contribution is 2.40. The minimum Gasteiger partial charge on any atom is -0.493 e. The topological polar surface area (TPSA) is 25.4 Å². The summed E-state index contributed by atoms with van der Waals surface area (Å²) in [5, 5.41) is 3.92. The molecule has 3 heteroatoms.